The van der Waals surface area contributed by atoms with Gasteiger partial charge in [0, 0.05) is 49.5 Å². The van der Waals surface area contributed by atoms with Crippen LogP contribution in [-0.2, 0) is 34.8 Å². The first-order chi connectivity index (χ1) is 16.4. The topological polar surface area (TPSA) is 130 Å². The SMILES string of the molecule is CC(=O)O[C@@H]1[C@@H](OC(C)=O)[C@@H](Oc2cncc(-c3c(C(F)(F)F)n[nH]c3C)c2)SC[C@H]1OC(C)=O. The van der Waals surface area contributed by atoms with E-state index in [1.165, 1.54) is 32.3 Å². The molecule has 35 heavy (non-hydrogen) atoms. The summed E-state index contributed by atoms with van der Waals surface area (Å²) in [6.07, 6.45) is -5.47. The van der Waals surface area contributed by atoms with Gasteiger partial charge < -0.3 is 18.9 Å². The third kappa shape index (κ3) is 6.44. The molecular weight excluding hydrogens is 495 g/mol. The predicted octanol–water partition coefficient (Wildman–Crippen LogP) is 3.05. The number of rotatable bonds is 6. The number of aromatic amines is 1. The molecule has 1 saturated heterocycles. The molecule has 0 unspecified atom stereocenters. The van der Waals surface area contributed by atoms with Gasteiger partial charge in [-0.2, -0.15) is 18.3 Å². The predicted molar refractivity (Wildman–Crippen MR) is 115 cm³/mol. The van der Waals surface area contributed by atoms with Gasteiger partial charge in [-0.3, -0.25) is 24.5 Å². The second-order valence-corrected chi connectivity index (χ2v) is 8.73. The molecule has 2 aromatic rings. The number of hydrogen-bond acceptors (Lipinski definition) is 10. The molecular formula is C21H22F3N3O7S. The lowest BCUT2D eigenvalue weighted by Gasteiger charge is -2.39. The fourth-order valence-corrected chi connectivity index (χ4v) is 4.77. The zero-order valence-electron chi connectivity index (χ0n) is 19.0. The van der Waals surface area contributed by atoms with Gasteiger partial charge in [-0.25, -0.2) is 0 Å². The van der Waals surface area contributed by atoms with Gasteiger partial charge in [-0.1, -0.05) is 0 Å². The van der Waals surface area contributed by atoms with Crippen LogP contribution in [0.2, 0.25) is 0 Å². The third-order valence-electron chi connectivity index (χ3n) is 4.77. The Morgan fingerprint density at radius 3 is 2.26 bits per heavy atom. The molecule has 0 bridgehead atoms. The van der Waals surface area contributed by atoms with Crippen molar-refractivity contribution in [2.45, 2.75) is 57.6 Å². The summed E-state index contributed by atoms with van der Waals surface area (Å²) in [6.45, 7) is 4.91. The Kier molecular flexibility index (Phi) is 7.93. The number of nitrogens with zero attached hydrogens (tertiary/aromatic N) is 2. The van der Waals surface area contributed by atoms with Crippen molar-refractivity contribution in [1.82, 2.24) is 15.2 Å². The van der Waals surface area contributed by atoms with E-state index >= 15 is 0 Å². The third-order valence-corrected chi connectivity index (χ3v) is 5.99. The summed E-state index contributed by atoms with van der Waals surface area (Å²) in [5, 5.41) is 5.68. The maximum Gasteiger partial charge on any atom is 0.435 e. The Bertz CT molecular complexity index is 1110. The molecule has 14 heteroatoms. The maximum atomic E-state index is 13.4. The first-order valence-corrected chi connectivity index (χ1v) is 11.3. The largest absolute Gasteiger partial charge is 0.474 e. The highest BCUT2D eigenvalue weighted by Crippen LogP contribution is 2.39. The number of nitrogens with one attached hydrogen (secondary N) is 1. The van der Waals surface area contributed by atoms with Crippen LogP contribution in [0.3, 0.4) is 0 Å². The molecule has 3 heterocycles. The number of pyridine rings is 1. The number of halogens is 3. The number of H-pyrrole nitrogens is 1. The molecule has 0 aliphatic carbocycles. The summed E-state index contributed by atoms with van der Waals surface area (Å²) in [5.41, 5.74) is -1.96. The van der Waals surface area contributed by atoms with Crippen molar-refractivity contribution in [3.8, 4) is 16.9 Å². The van der Waals surface area contributed by atoms with Crippen LogP contribution >= 0.6 is 11.8 Å². The molecule has 0 amide bonds. The summed E-state index contributed by atoms with van der Waals surface area (Å²) >= 11 is 1.11. The lowest BCUT2D eigenvalue weighted by atomic mass is 10.0. The van der Waals surface area contributed by atoms with Crippen molar-refractivity contribution >= 4 is 29.7 Å². The van der Waals surface area contributed by atoms with E-state index in [0.717, 1.165) is 25.6 Å². The Balaban J connectivity index is 1.93. The number of alkyl halides is 3. The molecule has 1 aliphatic heterocycles. The van der Waals surface area contributed by atoms with Gasteiger partial charge in [-0.05, 0) is 13.0 Å². The monoisotopic (exact) mass is 517 g/mol. The van der Waals surface area contributed by atoms with Crippen molar-refractivity contribution in [3.63, 3.8) is 0 Å². The van der Waals surface area contributed by atoms with Crippen molar-refractivity contribution < 1.29 is 46.5 Å². The zero-order valence-corrected chi connectivity index (χ0v) is 19.9. The fraction of sp³-hybridized carbons (Fsp3) is 0.476. The first-order valence-electron chi connectivity index (χ1n) is 10.2. The summed E-state index contributed by atoms with van der Waals surface area (Å²) in [6, 6.07) is 1.34. The molecule has 10 nitrogen and oxygen atoms in total. The summed E-state index contributed by atoms with van der Waals surface area (Å²) < 4.78 is 62.0. The van der Waals surface area contributed by atoms with E-state index in [-0.39, 0.29) is 28.3 Å². The van der Waals surface area contributed by atoms with E-state index in [9.17, 15) is 27.6 Å². The van der Waals surface area contributed by atoms with E-state index in [2.05, 4.69) is 15.2 Å². The lowest BCUT2D eigenvalue weighted by molar-refractivity contribution is -0.186. The second kappa shape index (κ2) is 10.5. The van der Waals surface area contributed by atoms with Gasteiger partial charge in [-0.15, -0.1) is 11.8 Å². The average molecular weight is 517 g/mol. The number of esters is 3. The number of carbonyl (C=O) groups excluding carboxylic acids is 3. The van der Waals surface area contributed by atoms with E-state index in [1.807, 2.05) is 0 Å². The molecule has 0 radical (unpaired) electrons. The Morgan fingerprint density at radius 1 is 1.03 bits per heavy atom. The highest BCUT2D eigenvalue weighted by Gasteiger charge is 2.47. The summed E-state index contributed by atoms with van der Waals surface area (Å²) in [7, 11) is 0. The molecule has 1 fully saturated rings. The number of aryl methyl sites for hydroxylation is 1. The smallest absolute Gasteiger partial charge is 0.435 e. The fourth-order valence-electron chi connectivity index (χ4n) is 3.55. The van der Waals surface area contributed by atoms with Crippen LogP contribution in [0, 0.1) is 6.92 Å². The Labute approximate surface area is 201 Å². The quantitative estimate of drug-likeness (QED) is 0.451. The zero-order chi connectivity index (χ0) is 25.9. The van der Waals surface area contributed by atoms with E-state index < -0.39 is 53.5 Å². The summed E-state index contributed by atoms with van der Waals surface area (Å²) in [5.74, 6) is -1.83. The normalized spacial score (nSPS) is 22.3. The van der Waals surface area contributed by atoms with Gasteiger partial charge in [0.25, 0.3) is 0 Å². The van der Waals surface area contributed by atoms with Crippen molar-refractivity contribution in [2.75, 3.05) is 5.75 Å². The van der Waals surface area contributed by atoms with Gasteiger partial charge in [0.05, 0.1) is 6.20 Å². The van der Waals surface area contributed by atoms with E-state index in [1.54, 1.807) is 0 Å². The van der Waals surface area contributed by atoms with Crippen LogP contribution in [-0.4, -0.2) is 62.6 Å². The van der Waals surface area contributed by atoms with Crippen LogP contribution in [0.5, 0.6) is 5.75 Å². The standard InChI is InChI=1S/C21H22F3N3O7S/c1-9-16(19(27-26-9)21(22,23)24)13-5-14(7-25-6-13)34-20-18(33-12(4)30)17(32-11(3)29)15(8-35-20)31-10(2)28/h5-7,15,17-18,20H,8H2,1-4H3,(H,26,27)/t15-,17+,18-,20+/m1/s1. The van der Waals surface area contributed by atoms with Crippen LogP contribution in [0.1, 0.15) is 32.2 Å². The van der Waals surface area contributed by atoms with Crippen LogP contribution < -0.4 is 4.74 Å². The lowest BCUT2D eigenvalue weighted by Crippen LogP contribution is -2.55. The molecule has 0 saturated carbocycles. The summed E-state index contributed by atoms with van der Waals surface area (Å²) in [4.78, 5) is 39.0. The number of carbonyl (C=O) groups is 3. The molecule has 0 aromatic carbocycles. The van der Waals surface area contributed by atoms with Gasteiger partial charge in [0.15, 0.2) is 29.4 Å². The first kappa shape index (κ1) is 26.3. The van der Waals surface area contributed by atoms with Gasteiger partial charge in [0.1, 0.15) is 5.75 Å². The maximum absolute atomic E-state index is 13.4. The molecule has 1 aliphatic rings. The Morgan fingerprint density at radius 2 is 1.66 bits per heavy atom. The van der Waals surface area contributed by atoms with Crippen LogP contribution in [0.15, 0.2) is 18.5 Å². The highest BCUT2D eigenvalue weighted by molar-refractivity contribution is 7.99. The number of hydrogen-bond donors (Lipinski definition) is 1. The molecule has 190 valence electrons. The second-order valence-electron chi connectivity index (χ2n) is 7.59. The van der Waals surface area contributed by atoms with Gasteiger partial charge >= 0.3 is 24.1 Å². The molecule has 3 rings (SSSR count). The van der Waals surface area contributed by atoms with Crippen LogP contribution in [0.4, 0.5) is 13.2 Å². The molecule has 2 aromatic heterocycles. The number of thioether (sulfide) groups is 1. The minimum absolute atomic E-state index is 0.0680. The molecule has 1 N–H and O–H groups in total. The Hall–Kier alpha value is -3.29. The van der Waals surface area contributed by atoms with E-state index in [0.29, 0.717) is 0 Å². The van der Waals surface area contributed by atoms with Crippen LogP contribution in [0.25, 0.3) is 11.1 Å². The van der Waals surface area contributed by atoms with Crippen molar-refractivity contribution in [2.24, 2.45) is 0 Å². The molecule has 4 atom stereocenters. The van der Waals surface area contributed by atoms with Crippen molar-refractivity contribution in [1.29, 1.82) is 0 Å². The number of ether oxygens (including phenoxy) is 4. The van der Waals surface area contributed by atoms with E-state index in [4.69, 9.17) is 18.9 Å². The average Bonchev–Trinajstić information content (AvgIpc) is 3.13. The molecule has 0 spiro atoms. The van der Waals surface area contributed by atoms with Crippen molar-refractivity contribution in [3.05, 3.63) is 29.8 Å². The minimum atomic E-state index is -4.69. The minimum Gasteiger partial charge on any atom is -0.474 e. The van der Waals surface area contributed by atoms with Gasteiger partial charge in [0.2, 0.25) is 0 Å². The highest BCUT2D eigenvalue weighted by atomic mass is 32.2. The number of aromatic nitrogens is 3.